The maximum atomic E-state index is 13.8. The van der Waals surface area contributed by atoms with E-state index in [-0.39, 0.29) is 17.6 Å². The van der Waals surface area contributed by atoms with Crippen molar-refractivity contribution in [3.05, 3.63) is 101 Å². The van der Waals surface area contributed by atoms with Crippen molar-refractivity contribution in [3.8, 4) is 0 Å². The van der Waals surface area contributed by atoms with Gasteiger partial charge in [-0.2, -0.15) is 0 Å². The summed E-state index contributed by atoms with van der Waals surface area (Å²) in [6, 6.07) is 25.7. The van der Waals surface area contributed by atoms with E-state index in [9.17, 15) is 9.59 Å². The van der Waals surface area contributed by atoms with Crippen molar-refractivity contribution < 1.29 is 9.59 Å². The molecule has 1 N–H and O–H groups in total. The third kappa shape index (κ3) is 3.87. The van der Waals surface area contributed by atoms with Crippen LogP contribution in [0.4, 0.5) is 17.1 Å². The lowest BCUT2D eigenvalue weighted by molar-refractivity contribution is -0.117. The summed E-state index contributed by atoms with van der Waals surface area (Å²) < 4.78 is 0. The Morgan fingerprint density at radius 1 is 0.882 bits per heavy atom. The van der Waals surface area contributed by atoms with Crippen LogP contribution < -0.4 is 15.1 Å². The van der Waals surface area contributed by atoms with Gasteiger partial charge in [-0.3, -0.25) is 14.5 Å². The van der Waals surface area contributed by atoms with Gasteiger partial charge in [-0.25, -0.2) is 0 Å². The number of hydrogen-bond acceptors (Lipinski definition) is 4. The summed E-state index contributed by atoms with van der Waals surface area (Å²) >= 11 is 0. The zero-order valence-electron chi connectivity index (χ0n) is 19.8. The van der Waals surface area contributed by atoms with E-state index in [2.05, 4.69) is 34.5 Å². The van der Waals surface area contributed by atoms with Gasteiger partial charge in [0.1, 0.15) is 0 Å². The van der Waals surface area contributed by atoms with Gasteiger partial charge in [-0.1, -0.05) is 54.6 Å². The number of fused-ring (bicyclic) bond motifs is 1. The minimum Gasteiger partial charge on any atom is -0.378 e. The van der Waals surface area contributed by atoms with Gasteiger partial charge in [-0.05, 0) is 47.7 Å². The lowest BCUT2D eigenvalue weighted by Gasteiger charge is -2.34. The van der Waals surface area contributed by atoms with Crippen LogP contribution in [0.1, 0.15) is 42.9 Å². The molecule has 0 unspecified atom stereocenters. The quantitative estimate of drug-likeness (QED) is 0.557. The number of nitrogens with one attached hydrogen (secondary N) is 1. The second kappa shape index (κ2) is 8.82. The number of anilines is 3. The van der Waals surface area contributed by atoms with Crippen molar-refractivity contribution in [2.45, 2.75) is 31.7 Å². The van der Waals surface area contributed by atoms with Crippen molar-refractivity contribution >= 4 is 28.8 Å². The Morgan fingerprint density at radius 3 is 2.24 bits per heavy atom. The molecule has 2 atom stereocenters. The van der Waals surface area contributed by atoms with E-state index in [1.165, 1.54) is 0 Å². The first-order valence-electron chi connectivity index (χ1n) is 11.7. The minimum absolute atomic E-state index is 0.0856. The molecule has 5 heteroatoms. The summed E-state index contributed by atoms with van der Waals surface area (Å²) in [6.45, 7) is 1.57. The van der Waals surface area contributed by atoms with E-state index in [4.69, 9.17) is 0 Å². The molecule has 3 aromatic rings. The SMILES string of the molecule is CC(=O)N1c2ccccc2NC2=C(C(=O)C[C@@H](c3ccc(N(C)C)cc3)C2)[C@H]1c1ccccc1. The Balaban J connectivity index is 1.64. The van der Waals surface area contributed by atoms with Crippen molar-refractivity contribution in [1.29, 1.82) is 0 Å². The number of rotatable bonds is 3. The summed E-state index contributed by atoms with van der Waals surface area (Å²) in [4.78, 5) is 30.6. The van der Waals surface area contributed by atoms with Gasteiger partial charge in [0.2, 0.25) is 5.91 Å². The first-order valence-corrected chi connectivity index (χ1v) is 11.7. The van der Waals surface area contributed by atoms with E-state index < -0.39 is 6.04 Å². The highest BCUT2D eigenvalue weighted by Gasteiger charge is 2.40. The zero-order chi connectivity index (χ0) is 23.8. The summed E-state index contributed by atoms with van der Waals surface area (Å²) in [7, 11) is 4.04. The normalized spacial score (nSPS) is 19.6. The Kier molecular flexibility index (Phi) is 5.70. The summed E-state index contributed by atoms with van der Waals surface area (Å²) in [5, 5.41) is 3.56. The van der Waals surface area contributed by atoms with Crippen LogP contribution in [0.25, 0.3) is 0 Å². The molecule has 0 saturated heterocycles. The average Bonchev–Trinajstić information content (AvgIpc) is 2.99. The Bertz CT molecular complexity index is 1260. The lowest BCUT2D eigenvalue weighted by Crippen LogP contribution is -2.37. The molecule has 0 fully saturated rings. The van der Waals surface area contributed by atoms with Crippen LogP contribution in [0.2, 0.25) is 0 Å². The molecule has 3 aromatic carbocycles. The molecule has 2 aliphatic rings. The van der Waals surface area contributed by atoms with E-state index in [1.54, 1.807) is 11.8 Å². The van der Waals surface area contributed by atoms with Crippen molar-refractivity contribution in [3.63, 3.8) is 0 Å². The van der Waals surface area contributed by atoms with Crippen LogP contribution in [0, 0.1) is 0 Å². The van der Waals surface area contributed by atoms with Gasteiger partial charge >= 0.3 is 0 Å². The van der Waals surface area contributed by atoms with Crippen molar-refractivity contribution in [1.82, 2.24) is 0 Å². The highest BCUT2D eigenvalue weighted by Crippen LogP contribution is 2.47. The molecule has 1 aliphatic carbocycles. The molecule has 34 heavy (non-hydrogen) atoms. The fraction of sp³-hybridized carbons (Fsp3) is 0.241. The number of carbonyl (C=O) groups is 2. The minimum atomic E-state index is -0.464. The molecule has 0 aromatic heterocycles. The van der Waals surface area contributed by atoms with Gasteiger partial charge in [-0.15, -0.1) is 0 Å². The van der Waals surface area contributed by atoms with Crippen molar-refractivity contribution in [2.24, 2.45) is 0 Å². The van der Waals surface area contributed by atoms with Crippen LogP contribution in [-0.2, 0) is 9.59 Å². The molecule has 1 aliphatic heterocycles. The second-order valence-corrected chi connectivity index (χ2v) is 9.25. The molecular weight excluding hydrogens is 422 g/mol. The van der Waals surface area contributed by atoms with Crippen LogP contribution in [0.5, 0.6) is 0 Å². The summed E-state index contributed by atoms with van der Waals surface area (Å²) in [5.74, 6) is 0.0804. The number of benzene rings is 3. The molecule has 0 spiro atoms. The van der Waals surface area contributed by atoms with Crippen LogP contribution in [0.3, 0.4) is 0 Å². The predicted octanol–water partition coefficient (Wildman–Crippen LogP) is 5.67. The van der Waals surface area contributed by atoms with Gasteiger partial charge < -0.3 is 10.2 Å². The smallest absolute Gasteiger partial charge is 0.224 e. The monoisotopic (exact) mass is 451 g/mol. The van der Waals surface area contributed by atoms with E-state index >= 15 is 0 Å². The third-order valence-corrected chi connectivity index (χ3v) is 6.82. The maximum Gasteiger partial charge on any atom is 0.224 e. The van der Waals surface area contributed by atoms with Crippen LogP contribution in [-0.4, -0.2) is 25.8 Å². The number of allylic oxidation sites excluding steroid dienone is 1. The predicted molar refractivity (Wildman–Crippen MR) is 137 cm³/mol. The van der Waals surface area contributed by atoms with Gasteiger partial charge in [0.25, 0.3) is 0 Å². The van der Waals surface area contributed by atoms with E-state index in [0.29, 0.717) is 18.4 Å². The van der Waals surface area contributed by atoms with Gasteiger partial charge in [0.15, 0.2) is 5.78 Å². The number of ketones is 1. The largest absolute Gasteiger partial charge is 0.378 e. The van der Waals surface area contributed by atoms with Crippen LogP contribution in [0.15, 0.2) is 90.1 Å². The van der Waals surface area contributed by atoms with Crippen LogP contribution >= 0.6 is 0 Å². The summed E-state index contributed by atoms with van der Waals surface area (Å²) in [6.07, 6.45) is 1.14. The fourth-order valence-corrected chi connectivity index (χ4v) is 5.17. The topological polar surface area (TPSA) is 52.7 Å². The molecule has 172 valence electrons. The Morgan fingerprint density at radius 2 is 1.56 bits per heavy atom. The number of carbonyl (C=O) groups excluding carboxylic acids is 2. The molecule has 5 rings (SSSR count). The lowest BCUT2D eigenvalue weighted by atomic mass is 9.78. The third-order valence-electron chi connectivity index (χ3n) is 6.82. The van der Waals surface area contributed by atoms with Gasteiger partial charge in [0.05, 0.1) is 17.4 Å². The van der Waals surface area contributed by atoms with Gasteiger partial charge in [0, 0.05) is 44.4 Å². The molecular formula is C29H29N3O2. The number of para-hydroxylation sites is 2. The molecule has 0 radical (unpaired) electrons. The first-order chi connectivity index (χ1) is 16.4. The average molecular weight is 452 g/mol. The van der Waals surface area contributed by atoms with Crippen molar-refractivity contribution in [2.75, 3.05) is 29.2 Å². The summed E-state index contributed by atoms with van der Waals surface area (Å²) in [5.41, 5.74) is 6.46. The molecule has 5 nitrogen and oxygen atoms in total. The molecule has 0 saturated carbocycles. The molecule has 1 amide bonds. The molecule has 0 bridgehead atoms. The first kappa shape index (κ1) is 22.0. The molecule has 1 heterocycles. The Labute approximate surface area is 200 Å². The zero-order valence-corrected chi connectivity index (χ0v) is 19.8. The fourth-order valence-electron chi connectivity index (χ4n) is 5.17. The second-order valence-electron chi connectivity index (χ2n) is 9.25. The number of nitrogens with zero attached hydrogens (tertiary/aromatic N) is 2. The van der Waals surface area contributed by atoms with E-state index in [0.717, 1.165) is 33.9 Å². The highest BCUT2D eigenvalue weighted by atomic mass is 16.2. The standard InChI is InChI=1S/C29H29N3O2/c1-19(33)32-26-12-8-7-11-24(26)30-25-17-22(20-13-15-23(16-14-20)31(2)3)18-27(34)28(25)29(32)21-9-5-4-6-10-21/h4-16,22,29-30H,17-18H2,1-3H3/t22-,29+/m0/s1. The Hall–Kier alpha value is -3.86. The number of amides is 1. The highest BCUT2D eigenvalue weighted by molar-refractivity contribution is 6.06. The number of hydrogen-bond donors (Lipinski definition) is 1. The number of Topliss-reactive ketones (excluding diaryl/α,β-unsaturated/α-hetero) is 1. The maximum absolute atomic E-state index is 13.8. The van der Waals surface area contributed by atoms with E-state index in [1.807, 2.05) is 68.7 Å².